The number of piperazine rings is 1. The molecule has 3 aromatic rings. The second-order valence-electron chi connectivity index (χ2n) is 9.10. The van der Waals surface area contributed by atoms with Crippen LogP contribution in [0.3, 0.4) is 0 Å². The molecule has 5 rings (SSSR count). The molecule has 1 aromatic carbocycles. The van der Waals surface area contributed by atoms with E-state index in [0.717, 1.165) is 62.1 Å². The van der Waals surface area contributed by atoms with E-state index in [1.54, 1.807) is 31.7 Å². The molecule has 1 aliphatic heterocycles. The van der Waals surface area contributed by atoms with Gasteiger partial charge in [0.2, 0.25) is 0 Å². The average Bonchev–Trinajstić information content (AvgIpc) is 3.62. The number of nitrogens with zero attached hydrogens (tertiary/aromatic N) is 7. The van der Waals surface area contributed by atoms with E-state index in [-0.39, 0.29) is 11.3 Å². The Bertz CT molecular complexity index is 1250. The van der Waals surface area contributed by atoms with E-state index in [4.69, 9.17) is 15.9 Å². The number of rotatable bonds is 7. The lowest BCUT2D eigenvalue weighted by Crippen LogP contribution is -2.47. The van der Waals surface area contributed by atoms with Crippen LogP contribution in [0.5, 0.6) is 5.75 Å². The largest absolute Gasteiger partial charge is 0.488 e. The Labute approximate surface area is 204 Å². The third-order valence-electron chi connectivity index (χ3n) is 6.37. The van der Waals surface area contributed by atoms with Gasteiger partial charge in [0.15, 0.2) is 0 Å². The van der Waals surface area contributed by atoms with Crippen molar-refractivity contribution in [3.63, 3.8) is 0 Å². The highest BCUT2D eigenvalue weighted by atomic mass is 16.5. The monoisotopic (exact) mass is 471 g/mol. The molecule has 1 saturated heterocycles. The first kappa shape index (κ1) is 22.7. The minimum Gasteiger partial charge on any atom is -0.488 e. The Morgan fingerprint density at radius 1 is 1.03 bits per heavy atom. The number of anilines is 3. The van der Waals surface area contributed by atoms with Crippen molar-refractivity contribution < 1.29 is 4.74 Å². The minimum absolute atomic E-state index is 0.100. The maximum Gasteiger partial charge on any atom is 0.147 e. The van der Waals surface area contributed by atoms with Crippen LogP contribution in [0.25, 0.3) is 0 Å². The molecular formula is C25H29N9O. The lowest BCUT2D eigenvalue weighted by Gasteiger charge is -2.35. The maximum atomic E-state index is 8.78. The first-order valence-electron chi connectivity index (χ1n) is 11.7. The molecule has 0 amide bonds. The van der Waals surface area contributed by atoms with Crippen LogP contribution in [-0.4, -0.2) is 70.7 Å². The zero-order chi connectivity index (χ0) is 24.4. The molecule has 1 saturated carbocycles. The first-order chi connectivity index (χ1) is 16.9. The third-order valence-corrected chi connectivity index (χ3v) is 6.37. The van der Waals surface area contributed by atoms with Gasteiger partial charge in [-0.25, -0.2) is 19.9 Å². The number of benzene rings is 1. The molecule has 180 valence electrons. The number of hydrogen-bond acceptors (Lipinski definition) is 10. The van der Waals surface area contributed by atoms with E-state index in [9.17, 15) is 0 Å². The van der Waals surface area contributed by atoms with Crippen LogP contribution in [-0.2, 0) is 0 Å². The summed E-state index contributed by atoms with van der Waals surface area (Å²) in [6, 6.07) is 7.33. The number of nitrogens with two attached hydrogens (primary N) is 1. The summed E-state index contributed by atoms with van der Waals surface area (Å²) in [5.41, 5.74) is 8.76. The second-order valence-corrected chi connectivity index (χ2v) is 9.10. The van der Waals surface area contributed by atoms with Gasteiger partial charge in [-0.3, -0.25) is 10.4 Å². The summed E-state index contributed by atoms with van der Waals surface area (Å²) < 4.78 is 6.06. The molecule has 0 radical (unpaired) electrons. The summed E-state index contributed by atoms with van der Waals surface area (Å²) in [7, 11) is 1.71. The van der Waals surface area contributed by atoms with E-state index in [1.807, 2.05) is 18.2 Å². The molecule has 10 heteroatoms. The van der Waals surface area contributed by atoms with Crippen molar-refractivity contribution in [2.75, 3.05) is 48.8 Å². The van der Waals surface area contributed by atoms with Crippen LogP contribution in [0.1, 0.15) is 36.7 Å². The molecular weight excluding hydrogens is 442 g/mol. The van der Waals surface area contributed by atoms with Crippen LogP contribution in [0.15, 0.2) is 48.0 Å². The van der Waals surface area contributed by atoms with Gasteiger partial charge in [-0.2, -0.15) is 0 Å². The number of aromatic nitrogens is 4. The molecule has 3 heterocycles. The predicted molar refractivity (Wildman–Crippen MR) is 137 cm³/mol. The van der Waals surface area contributed by atoms with Crippen molar-refractivity contribution in [3.8, 4) is 5.75 Å². The summed E-state index contributed by atoms with van der Waals surface area (Å²) in [6.07, 6.45) is 8.78. The van der Waals surface area contributed by atoms with E-state index >= 15 is 0 Å². The average molecular weight is 472 g/mol. The fourth-order valence-electron chi connectivity index (χ4n) is 4.03. The summed E-state index contributed by atoms with van der Waals surface area (Å²) in [5, 5.41) is 8.78. The van der Waals surface area contributed by atoms with E-state index < -0.39 is 0 Å². The maximum absolute atomic E-state index is 8.78. The predicted octanol–water partition coefficient (Wildman–Crippen LogP) is 2.57. The quantitative estimate of drug-likeness (QED) is 0.397. The van der Waals surface area contributed by atoms with Crippen LogP contribution >= 0.6 is 0 Å². The minimum atomic E-state index is -0.100. The standard InChI is InChI=1S/C25H29N9O/c1-25(5-6-25)35-18-3-4-20(26)19(11-18)24(27)21-12-22(32-16-31-21)33-7-9-34(10-8-33)23-15-29-17(13-28-2)14-30-23/h3-4,11-16,27H,5-10,26H2,1-2H3/b27-24?,28-13+. The molecule has 2 aromatic heterocycles. The number of hydrogen-bond donors (Lipinski definition) is 2. The van der Waals surface area contributed by atoms with Crippen molar-refractivity contribution in [1.29, 1.82) is 5.41 Å². The van der Waals surface area contributed by atoms with Crippen LogP contribution in [0, 0.1) is 5.41 Å². The van der Waals surface area contributed by atoms with Crippen molar-refractivity contribution in [2.24, 2.45) is 4.99 Å². The molecule has 0 unspecified atom stereocenters. The molecule has 0 bridgehead atoms. The highest BCUT2D eigenvalue weighted by Crippen LogP contribution is 2.40. The van der Waals surface area contributed by atoms with Crippen LogP contribution in [0.2, 0.25) is 0 Å². The molecule has 10 nitrogen and oxygen atoms in total. The van der Waals surface area contributed by atoms with Gasteiger partial charge in [0.25, 0.3) is 0 Å². The van der Waals surface area contributed by atoms with E-state index in [2.05, 4.69) is 41.7 Å². The Balaban J connectivity index is 1.27. The number of aliphatic imine (C=N–C) groups is 1. The normalized spacial score (nSPS) is 17.0. The van der Waals surface area contributed by atoms with Crippen molar-refractivity contribution >= 4 is 29.2 Å². The molecule has 2 aliphatic rings. The fourth-order valence-corrected chi connectivity index (χ4v) is 4.03. The van der Waals surface area contributed by atoms with Crippen LogP contribution < -0.4 is 20.3 Å². The highest BCUT2D eigenvalue weighted by Gasteiger charge is 2.40. The van der Waals surface area contributed by atoms with Gasteiger partial charge in [-0.15, -0.1) is 0 Å². The second kappa shape index (κ2) is 9.28. The van der Waals surface area contributed by atoms with E-state index in [1.165, 1.54) is 6.33 Å². The molecule has 35 heavy (non-hydrogen) atoms. The number of nitrogens with one attached hydrogen (secondary N) is 1. The number of ether oxygens (including phenoxy) is 1. The first-order valence-corrected chi connectivity index (χ1v) is 11.7. The van der Waals surface area contributed by atoms with Gasteiger partial charge >= 0.3 is 0 Å². The fraction of sp³-hybridized carbons (Fsp3) is 0.360. The summed E-state index contributed by atoms with van der Waals surface area (Å²) in [6.45, 7) is 5.21. The topological polar surface area (TPSA) is 130 Å². The lowest BCUT2D eigenvalue weighted by molar-refractivity contribution is 0.200. The van der Waals surface area contributed by atoms with Gasteiger partial charge < -0.3 is 20.3 Å². The molecule has 2 fully saturated rings. The summed E-state index contributed by atoms with van der Waals surface area (Å²) in [4.78, 5) is 26.1. The van der Waals surface area contributed by atoms with Gasteiger partial charge in [0.1, 0.15) is 29.3 Å². The van der Waals surface area contributed by atoms with Gasteiger partial charge in [0, 0.05) is 56.8 Å². The smallest absolute Gasteiger partial charge is 0.147 e. The molecule has 0 atom stereocenters. The van der Waals surface area contributed by atoms with Crippen molar-refractivity contribution in [3.05, 3.63) is 59.9 Å². The molecule has 0 spiro atoms. The van der Waals surface area contributed by atoms with Gasteiger partial charge in [-0.1, -0.05) is 0 Å². The molecule has 3 N–H and O–H groups in total. The van der Waals surface area contributed by atoms with Gasteiger partial charge in [-0.05, 0) is 38.0 Å². The Kier molecular flexibility index (Phi) is 6.02. The lowest BCUT2D eigenvalue weighted by atomic mass is 10.0. The zero-order valence-electron chi connectivity index (χ0n) is 20.0. The molecule has 1 aliphatic carbocycles. The third kappa shape index (κ3) is 5.06. The van der Waals surface area contributed by atoms with Gasteiger partial charge in [0.05, 0.1) is 29.5 Å². The zero-order valence-corrected chi connectivity index (χ0v) is 20.0. The van der Waals surface area contributed by atoms with Crippen molar-refractivity contribution in [2.45, 2.75) is 25.4 Å². The summed E-state index contributed by atoms with van der Waals surface area (Å²) in [5.74, 6) is 2.36. The van der Waals surface area contributed by atoms with E-state index in [0.29, 0.717) is 16.9 Å². The SMILES string of the molecule is C/N=C/c1cnc(N2CCN(c3cc(C(=N)c4cc(OC5(C)CC5)ccc4N)ncn3)CC2)cn1. The number of nitrogen functional groups attached to an aromatic ring is 1. The Morgan fingerprint density at radius 3 is 2.43 bits per heavy atom. The Morgan fingerprint density at radius 2 is 1.77 bits per heavy atom. The Hall–Kier alpha value is -4.08. The van der Waals surface area contributed by atoms with Crippen LogP contribution in [0.4, 0.5) is 17.3 Å². The highest BCUT2D eigenvalue weighted by molar-refractivity contribution is 6.13. The van der Waals surface area contributed by atoms with Crippen molar-refractivity contribution in [1.82, 2.24) is 19.9 Å². The summed E-state index contributed by atoms with van der Waals surface area (Å²) >= 11 is 0.